The lowest BCUT2D eigenvalue weighted by Crippen LogP contribution is -2.71. The molecule has 4 heterocycles. The highest BCUT2D eigenvalue weighted by Crippen LogP contribution is 2.41. The highest BCUT2D eigenvalue weighted by Gasteiger charge is 2.54. The highest BCUT2D eigenvalue weighted by atomic mass is 32.2. The Morgan fingerprint density at radius 3 is 2.67 bits per heavy atom. The molecule has 0 aromatic carbocycles. The molecule has 1 unspecified atom stereocenters. The zero-order chi connectivity index (χ0) is 29.2. The van der Waals surface area contributed by atoms with Crippen molar-refractivity contribution in [2.45, 2.75) is 29.3 Å². The standard InChI is InChI=1S/C17H15F3N10O7S3/c18-17(19,20)4-37-25-7(10-23-15(21)40-26-10)11(33)22-8-12(34)30-9(14(35)36)5(2-38-13(8)30)3-39-16-24-27-28-29(16)1-6(31)32/h8,13H,1-4H2,(H,22,33)(H,31,32)(H,35,36)(H2,21,23,26)/b25-7+/t8?,13-/m1/s1. The number of aromatic nitrogens is 6. The second-order valence-corrected chi connectivity index (χ2v) is 10.5. The summed E-state index contributed by atoms with van der Waals surface area (Å²) >= 11 is 2.72. The Labute approximate surface area is 232 Å². The summed E-state index contributed by atoms with van der Waals surface area (Å²) in [5.74, 6) is -4.88. The number of β-lactam (4-membered cyclic amide) rings is 1. The number of carboxylic acid groups (broad SMARTS) is 2. The predicted molar refractivity (Wildman–Crippen MR) is 129 cm³/mol. The quantitative estimate of drug-likeness (QED) is 0.101. The van der Waals surface area contributed by atoms with Gasteiger partial charge in [0.05, 0.1) is 0 Å². The van der Waals surface area contributed by atoms with Gasteiger partial charge in [0.15, 0.2) is 5.13 Å². The SMILES string of the molecule is Nc1nc(/C(=N\OCC(F)(F)F)C(=O)NC2C(=O)N3C(C(=O)O)=C(CSc4nnnn4CC(=O)O)CS[C@H]23)ns1. The maximum Gasteiger partial charge on any atom is 0.425 e. The molecule has 2 aliphatic rings. The largest absolute Gasteiger partial charge is 0.480 e. The second-order valence-electron chi connectivity index (χ2n) is 7.70. The molecule has 5 N–H and O–H groups in total. The van der Waals surface area contributed by atoms with E-state index in [0.717, 1.165) is 33.1 Å². The van der Waals surface area contributed by atoms with Crippen LogP contribution in [0.15, 0.2) is 21.6 Å². The number of hydrogen-bond donors (Lipinski definition) is 4. The molecule has 214 valence electrons. The molecule has 17 nitrogen and oxygen atoms in total. The number of alkyl halides is 3. The summed E-state index contributed by atoms with van der Waals surface area (Å²) in [6.45, 7) is -2.33. The van der Waals surface area contributed by atoms with E-state index in [9.17, 15) is 37.5 Å². The van der Waals surface area contributed by atoms with Gasteiger partial charge >= 0.3 is 18.1 Å². The first-order valence-corrected chi connectivity index (χ1v) is 13.3. The van der Waals surface area contributed by atoms with Crippen molar-refractivity contribution in [1.82, 2.24) is 39.8 Å². The number of carbonyl (C=O) groups excluding carboxylic acids is 2. The Bertz CT molecular complexity index is 1410. The molecule has 2 amide bonds. The van der Waals surface area contributed by atoms with Gasteiger partial charge in [0.1, 0.15) is 23.7 Å². The van der Waals surface area contributed by atoms with Crippen LogP contribution in [-0.2, 0) is 30.6 Å². The van der Waals surface area contributed by atoms with Crippen molar-refractivity contribution in [3.05, 3.63) is 17.1 Å². The second kappa shape index (κ2) is 11.6. The molecule has 2 aromatic heterocycles. The fraction of sp³-hybridized carbons (Fsp3) is 0.412. The number of nitrogen functional groups attached to an aromatic ring is 1. The molecule has 0 saturated carbocycles. The predicted octanol–water partition coefficient (Wildman–Crippen LogP) is -0.995. The number of nitrogens with one attached hydrogen (secondary N) is 1. The van der Waals surface area contributed by atoms with Crippen molar-refractivity contribution >= 4 is 69.7 Å². The van der Waals surface area contributed by atoms with E-state index in [0.29, 0.717) is 17.1 Å². The summed E-state index contributed by atoms with van der Waals surface area (Å²) in [6, 6.07) is -1.26. The number of nitrogens with zero attached hydrogens (tertiary/aromatic N) is 8. The van der Waals surface area contributed by atoms with Crippen LogP contribution in [0.4, 0.5) is 18.3 Å². The lowest BCUT2D eigenvalue weighted by atomic mass is 10.0. The molecular formula is C17H15F3N10O7S3. The summed E-state index contributed by atoms with van der Waals surface area (Å²) in [6.07, 6.45) is -4.75. The average Bonchev–Trinajstić information content (AvgIpc) is 3.50. The zero-order valence-electron chi connectivity index (χ0n) is 19.4. The summed E-state index contributed by atoms with van der Waals surface area (Å²) in [4.78, 5) is 57.7. The minimum Gasteiger partial charge on any atom is -0.480 e. The van der Waals surface area contributed by atoms with Crippen molar-refractivity contribution in [2.24, 2.45) is 5.16 Å². The van der Waals surface area contributed by atoms with Gasteiger partial charge < -0.3 is 26.1 Å². The summed E-state index contributed by atoms with van der Waals surface area (Å²) in [7, 11) is 0. The number of oxime groups is 1. The topological polar surface area (TPSA) is 241 Å². The van der Waals surface area contributed by atoms with Crippen LogP contribution >= 0.6 is 35.1 Å². The molecule has 23 heteroatoms. The fourth-order valence-corrected chi connectivity index (χ4v) is 6.16. The van der Waals surface area contributed by atoms with Crippen LogP contribution in [0.5, 0.6) is 0 Å². The first kappa shape index (κ1) is 29.0. The number of halogens is 3. The molecular weight excluding hydrogens is 609 g/mol. The maximum atomic E-state index is 12.9. The Morgan fingerprint density at radius 2 is 2.05 bits per heavy atom. The number of fused-ring (bicyclic) bond motifs is 1. The molecule has 0 aliphatic carbocycles. The van der Waals surface area contributed by atoms with E-state index >= 15 is 0 Å². The summed E-state index contributed by atoms with van der Waals surface area (Å²) in [5, 5.41) is 34.0. The van der Waals surface area contributed by atoms with Crippen LogP contribution in [0.1, 0.15) is 5.82 Å². The van der Waals surface area contributed by atoms with Gasteiger partial charge in [-0.25, -0.2) is 9.48 Å². The maximum absolute atomic E-state index is 12.9. The number of carbonyl (C=O) groups is 4. The third-order valence-corrected chi connectivity index (χ3v) is 7.87. The number of amides is 2. The van der Waals surface area contributed by atoms with Crippen molar-refractivity contribution in [3.63, 3.8) is 0 Å². The number of aliphatic carboxylic acids is 2. The third-order valence-electron chi connectivity index (χ3n) is 4.95. The smallest absolute Gasteiger partial charge is 0.425 e. The van der Waals surface area contributed by atoms with E-state index in [4.69, 9.17) is 10.8 Å². The van der Waals surface area contributed by atoms with Crippen molar-refractivity contribution in [2.75, 3.05) is 23.8 Å². The van der Waals surface area contributed by atoms with Crippen LogP contribution in [0, 0.1) is 0 Å². The van der Waals surface area contributed by atoms with Crippen molar-refractivity contribution < 1.29 is 47.4 Å². The highest BCUT2D eigenvalue weighted by molar-refractivity contribution is 8.01. The molecule has 1 fully saturated rings. The fourth-order valence-electron chi connectivity index (χ4n) is 3.37. The summed E-state index contributed by atoms with van der Waals surface area (Å²) < 4.78 is 42.2. The normalized spacial score (nSPS) is 19.2. The number of nitrogens with two attached hydrogens (primary N) is 1. The van der Waals surface area contributed by atoms with Crippen LogP contribution in [-0.4, -0.2) is 110 Å². The minimum absolute atomic E-state index is 0.00637. The molecule has 4 rings (SSSR count). The van der Waals surface area contributed by atoms with Crippen LogP contribution in [0.2, 0.25) is 0 Å². The van der Waals surface area contributed by atoms with Gasteiger partial charge in [-0.2, -0.15) is 22.5 Å². The van der Waals surface area contributed by atoms with Crippen LogP contribution < -0.4 is 11.1 Å². The molecule has 0 bridgehead atoms. The number of anilines is 1. The van der Waals surface area contributed by atoms with Gasteiger partial charge in [-0.15, -0.1) is 16.9 Å². The first-order valence-electron chi connectivity index (χ1n) is 10.5. The molecule has 40 heavy (non-hydrogen) atoms. The van der Waals surface area contributed by atoms with Gasteiger partial charge in [0.25, 0.3) is 11.8 Å². The van der Waals surface area contributed by atoms with Crippen molar-refractivity contribution in [1.29, 1.82) is 0 Å². The average molecular weight is 625 g/mol. The van der Waals surface area contributed by atoms with E-state index in [-0.39, 0.29) is 27.5 Å². The molecule has 1 saturated heterocycles. The Kier molecular flexibility index (Phi) is 8.43. The molecule has 0 radical (unpaired) electrons. The Morgan fingerprint density at radius 1 is 1.30 bits per heavy atom. The van der Waals surface area contributed by atoms with E-state index in [1.165, 1.54) is 0 Å². The zero-order valence-corrected chi connectivity index (χ0v) is 21.9. The van der Waals surface area contributed by atoms with E-state index < -0.39 is 66.0 Å². The van der Waals surface area contributed by atoms with Gasteiger partial charge in [-0.05, 0) is 16.0 Å². The van der Waals surface area contributed by atoms with Gasteiger partial charge in [0, 0.05) is 23.0 Å². The van der Waals surface area contributed by atoms with Gasteiger partial charge in [0.2, 0.25) is 23.3 Å². The van der Waals surface area contributed by atoms with E-state index in [2.05, 4.69) is 40.2 Å². The Hall–Kier alpha value is -3.99. The lowest BCUT2D eigenvalue weighted by molar-refractivity contribution is -0.174. The van der Waals surface area contributed by atoms with E-state index in [1.807, 2.05) is 0 Å². The molecule has 2 aliphatic heterocycles. The van der Waals surface area contributed by atoms with Crippen LogP contribution in [0.3, 0.4) is 0 Å². The van der Waals surface area contributed by atoms with E-state index in [1.54, 1.807) is 0 Å². The number of tetrazole rings is 1. The summed E-state index contributed by atoms with van der Waals surface area (Å²) in [5.41, 5.74) is 4.69. The Balaban J connectivity index is 1.48. The first-order chi connectivity index (χ1) is 18.9. The number of hydrogen-bond acceptors (Lipinski definition) is 15. The number of rotatable bonds is 11. The number of carboxylic acids is 2. The van der Waals surface area contributed by atoms with Gasteiger partial charge in [-0.1, -0.05) is 16.9 Å². The van der Waals surface area contributed by atoms with Gasteiger partial charge in [-0.3, -0.25) is 19.3 Å². The van der Waals surface area contributed by atoms with Crippen LogP contribution in [0.25, 0.3) is 0 Å². The minimum atomic E-state index is -4.75. The molecule has 2 aromatic rings. The number of thioether (sulfide) groups is 2. The molecule has 0 spiro atoms. The lowest BCUT2D eigenvalue weighted by Gasteiger charge is -2.49. The third kappa shape index (κ3) is 6.41. The monoisotopic (exact) mass is 624 g/mol. The molecule has 2 atom stereocenters. The van der Waals surface area contributed by atoms with Crippen molar-refractivity contribution in [3.8, 4) is 0 Å².